The summed E-state index contributed by atoms with van der Waals surface area (Å²) in [5.41, 5.74) is 4.50. The first kappa shape index (κ1) is 24.8. The van der Waals surface area contributed by atoms with E-state index in [1.807, 2.05) is 57.2 Å². The van der Waals surface area contributed by atoms with Gasteiger partial charge in [0.2, 0.25) is 5.91 Å². The Hall–Kier alpha value is -4.33. The molecule has 0 fully saturated rings. The zero-order chi connectivity index (χ0) is 25.8. The van der Waals surface area contributed by atoms with Crippen molar-refractivity contribution in [2.24, 2.45) is 0 Å². The Morgan fingerprint density at radius 2 is 1.72 bits per heavy atom. The van der Waals surface area contributed by atoms with Crippen molar-refractivity contribution in [2.45, 2.75) is 40.5 Å². The minimum atomic E-state index is -0.608. The maximum atomic E-state index is 12.9. The highest BCUT2D eigenvalue weighted by atomic mass is 16.5. The number of amides is 1. The van der Waals surface area contributed by atoms with E-state index in [-0.39, 0.29) is 36.6 Å². The maximum absolute atomic E-state index is 12.9. The molecule has 0 aliphatic rings. The molecule has 4 rings (SSSR count). The molecule has 2 aromatic carbocycles. The number of anilines is 1. The number of carbonyl (C=O) groups excluding carboxylic acids is 3. The Morgan fingerprint density at radius 1 is 0.972 bits per heavy atom. The van der Waals surface area contributed by atoms with Crippen LogP contribution in [0.2, 0.25) is 0 Å². The molecule has 0 aliphatic heterocycles. The highest BCUT2D eigenvalue weighted by Gasteiger charge is 2.23. The van der Waals surface area contributed by atoms with E-state index in [4.69, 9.17) is 9.72 Å². The third kappa shape index (κ3) is 5.17. The van der Waals surface area contributed by atoms with Gasteiger partial charge >= 0.3 is 5.97 Å². The maximum Gasteiger partial charge on any atom is 0.343 e. The summed E-state index contributed by atoms with van der Waals surface area (Å²) in [5.74, 6) is -0.552. The average molecular weight is 485 g/mol. The van der Waals surface area contributed by atoms with Gasteiger partial charge in [-0.25, -0.2) is 9.78 Å². The number of benzene rings is 2. The van der Waals surface area contributed by atoms with Crippen molar-refractivity contribution < 1.29 is 19.1 Å². The Kier molecular flexibility index (Phi) is 7.24. The molecule has 0 spiro atoms. The lowest BCUT2D eigenvalue weighted by Gasteiger charge is -2.13. The molecule has 0 unspecified atom stereocenters. The van der Waals surface area contributed by atoms with Gasteiger partial charge in [-0.05, 0) is 44.9 Å². The minimum absolute atomic E-state index is 0.0320. The number of aromatic nitrogens is 3. The van der Waals surface area contributed by atoms with Gasteiger partial charge in [-0.2, -0.15) is 9.78 Å². The number of rotatable bonds is 8. The van der Waals surface area contributed by atoms with Gasteiger partial charge in [0.05, 0.1) is 18.3 Å². The van der Waals surface area contributed by atoms with Crippen LogP contribution in [0.1, 0.15) is 57.2 Å². The molecular formula is C28H28N4O4. The summed E-state index contributed by atoms with van der Waals surface area (Å²) >= 11 is 0. The van der Waals surface area contributed by atoms with Crippen molar-refractivity contribution in [3.8, 4) is 5.82 Å². The van der Waals surface area contributed by atoms with Crippen LogP contribution in [0.15, 0.2) is 54.7 Å². The largest absolute Gasteiger partial charge is 0.462 e. The van der Waals surface area contributed by atoms with Gasteiger partial charge in [-0.3, -0.25) is 9.59 Å². The molecule has 1 N–H and O–H groups in total. The number of fused-ring (bicyclic) bond motifs is 1. The fraction of sp³-hybridized carbons (Fsp3) is 0.250. The number of nitrogens with one attached hydrogen (secondary N) is 1. The molecule has 0 atom stereocenters. The first-order valence-electron chi connectivity index (χ1n) is 11.8. The van der Waals surface area contributed by atoms with E-state index >= 15 is 0 Å². The molecule has 8 heteroatoms. The van der Waals surface area contributed by atoms with Crippen LogP contribution < -0.4 is 5.32 Å². The summed E-state index contributed by atoms with van der Waals surface area (Å²) in [6.07, 6.45) is 1.33. The van der Waals surface area contributed by atoms with E-state index in [0.717, 1.165) is 27.6 Å². The topological polar surface area (TPSA) is 103 Å². The Bertz CT molecular complexity index is 1450. The number of Topliss-reactive ketones (excluding diaryl/α,β-unsaturated/α-hetero) is 1. The lowest BCUT2D eigenvalue weighted by Crippen LogP contribution is -2.19. The van der Waals surface area contributed by atoms with Gasteiger partial charge in [0.25, 0.3) is 0 Å². The van der Waals surface area contributed by atoms with Gasteiger partial charge in [0.15, 0.2) is 17.4 Å². The predicted octanol–water partition coefficient (Wildman–Crippen LogP) is 5.12. The van der Waals surface area contributed by atoms with Gasteiger partial charge in [-0.1, -0.05) is 48.0 Å². The zero-order valence-corrected chi connectivity index (χ0v) is 20.8. The monoisotopic (exact) mass is 484 g/mol. The number of ketones is 1. The molecule has 1 amide bonds. The molecule has 0 bridgehead atoms. The molecule has 0 radical (unpaired) electrons. The lowest BCUT2D eigenvalue weighted by atomic mass is 10.0. The van der Waals surface area contributed by atoms with Gasteiger partial charge in [-0.15, -0.1) is 0 Å². The van der Waals surface area contributed by atoms with Gasteiger partial charge < -0.3 is 10.1 Å². The molecule has 2 aromatic heterocycles. The van der Waals surface area contributed by atoms with Crippen LogP contribution in [0.5, 0.6) is 0 Å². The van der Waals surface area contributed by atoms with Crippen molar-refractivity contribution in [2.75, 3.05) is 11.9 Å². The third-order valence-corrected chi connectivity index (χ3v) is 5.93. The molecule has 0 aliphatic carbocycles. The number of ether oxygens (including phenoxy) is 1. The summed E-state index contributed by atoms with van der Waals surface area (Å²) in [5, 5.41) is 8.12. The SMILES string of the molecule is CCOC(=O)c1cnn(-c2cc(C)c3cccc(C)c3n2)c1NC(=O)CCC(=O)c1ccc(C)cc1. The molecule has 36 heavy (non-hydrogen) atoms. The van der Waals surface area contributed by atoms with Crippen LogP contribution in [0.4, 0.5) is 5.82 Å². The third-order valence-electron chi connectivity index (χ3n) is 5.93. The van der Waals surface area contributed by atoms with Gasteiger partial charge in [0, 0.05) is 23.8 Å². The smallest absolute Gasteiger partial charge is 0.343 e. The van der Waals surface area contributed by atoms with E-state index < -0.39 is 11.9 Å². The highest BCUT2D eigenvalue weighted by molar-refractivity contribution is 6.03. The van der Waals surface area contributed by atoms with Crippen LogP contribution in [0.3, 0.4) is 0 Å². The van der Waals surface area contributed by atoms with Crippen molar-refractivity contribution in [3.05, 3.63) is 82.5 Å². The van der Waals surface area contributed by atoms with Crippen LogP contribution in [-0.2, 0) is 9.53 Å². The number of hydrogen-bond acceptors (Lipinski definition) is 6. The molecule has 4 aromatic rings. The van der Waals surface area contributed by atoms with E-state index in [1.54, 1.807) is 19.1 Å². The second kappa shape index (κ2) is 10.5. The number of aryl methyl sites for hydroxylation is 3. The summed E-state index contributed by atoms with van der Waals surface area (Å²) < 4.78 is 6.58. The lowest BCUT2D eigenvalue weighted by molar-refractivity contribution is -0.116. The molecule has 2 heterocycles. The summed E-state index contributed by atoms with van der Waals surface area (Å²) in [6, 6.07) is 15.0. The number of nitrogens with zero attached hydrogens (tertiary/aromatic N) is 3. The molecule has 0 saturated heterocycles. The Morgan fingerprint density at radius 3 is 2.44 bits per heavy atom. The van der Waals surface area contributed by atoms with Crippen molar-refractivity contribution >= 4 is 34.4 Å². The summed E-state index contributed by atoms with van der Waals surface area (Å²) in [4.78, 5) is 42.8. The average Bonchev–Trinajstić information content (AvgIpc) is 3.27. The zero-order valence-electron chi connectivity index (χ0n) is 20.8. The van der Waals surface area contributed by atoms with Crippen LogP contribution in [0.25, 0.3) is 16.7 Å². The number of esters is 1. The Balaban J connectivity index is 1.63. The van der Waals surface area contributed by atoms with E-state index in [9.17, 15) is 14.4 Å². The standard InChI is InChI=1S/C28H28N4O4/c1-5-36-28(35)22-16-29-32(24-15-19(4)21-8-6-7-18(3)26(21)30-24)27(22)31-25(34)14-13-23(33)20-11-9-17(2)10-12-20/h6-12,15-16H,5,13-14H2,1-4H3,(H,31,34). The Labute approximate surface area is 209 Å². The number of hydrogen-bond donors (Lipinski definition) is 1. The second-order valence-corrected chi connectivity index (χ2v) is 8.64. The number of pyridine rings is 1. The predicted molar refractivity (Wildman–Crippen MR) is 138 cm³/mol. The molecule has 184 valence electrons. The van der Waals surface area contributed by atoms with Crippen LogP contribution in [0, 0.1) is 20.8 Å². The molecule has 0 saturated carbocycles. The van der Waals surface area contributed by atoms with Crippen molar-refractivity contribution in [3.63, 3.8) is 0 Å². The van der Waals surface area contributed by atoms with Crippen molar-refractivity contribution in [1.82, 2.24) is 14.8 Å². The van der Waals surface area contributed by atoms with Crippen LogP contribution in [-0.4, -0.2) is 39.0 Å². The van der Waals surface area contributed by atoms with Crippen molar-refractivity contribution in [1.29, 1.82) is 0 Å². The molecule has 8 nitrogen and oxygen atoms in total. The number of carbonyl (C=O) groups is 3. The quantitative estimate of drug-likeness (QED) is 0.275. The first-order valence-corrected chi connectivity index (χ1v) is 11.8. The minimum Gasteiger partial charge on any atom is -0.462 e. The summed E-state index contributed by atoms with van der Waals surface area (Å²) in [6.45, 7) is 7.76. The second-order valence-electron chi connectivity index (χ2n) is 8.64. The van der Waals surface area contributed by atoms with E-state index in [0.29, 0.717) is 11.4 Å². The number of para-hydroxylation sites is 1. The fourth-order valence-electron chi connectivity index (χ4n) is 3.96. The fourth-order valence-corrected chi connectivity index (χ4v) is 3.96. The summed E-state index contributed by atoms with van der Waals surface area (Å²) in [7, 11) is 0. The van der Waals surface area contributed by atoms with Crippen LogP contribution >= 0.6 is 0 Å². The van der Waals surface area contributed by atoms with E-state index in [1.165, 1.54) is 10.9 Å². The van der Waals surface area contributed by atoms with E-state index in [2.05, 4.69) is 10.4 Å². The highest BCUT2D eigenvalue weighted by Crippen LogP contribution is 2.26. The molecular weight excluding hydrogens is 456 g/mol. The first-order chi connectivity index (χ1) is 17.3. The normalized spacial score (nSPS) is 10.9. The van der Waals surface area contributed by atoms with Gasteiger partial charge in [0.1, 0.15) is 5.56 Å².